The van der Waals surface area contributed by atoms with Gasteiger partial charge >= 0.3 is 5.97 Å². The first kappa shape index (κ1) is 15.9. The second kappa shape index (κ2) is 7.27. The van der Waals surface area contributed by atoms with Crippen LogP contribution in [0.5, 0.6) is 0 Å². The molecular formula is C12H24N2O3. The molecule has 100 valence electrons. The standard InChI is InChI=1S/C12H24N2O3/c1-5-12(6-2,11(16)17)14-8-10(15)13-7-9(3)4/h9,14H,5-8H2,1-4H3,(H,13,15)(H,16,17). The Labute approximate surface area is 103 Å². The maximum Gasteiger partial charge on any atom is 0.323 e. The van der Waals surface area contributed by atoms with Crippen molar-refractivity contribution < 1.29 is 14.7 Å². The summed E-state index contributed by atoms with van der Waals surface area (Å²) in [7, 11) is 0. The number of nitrogens with one attached hydrogen (secondary N) is 2. The zero-order chi connectivity index (χ0) is 13.5. The minimum absolute atomic E-state index is 0.0424. The van der Waals surface area contributed by atoms with Gasteiger partial charge in [-0.05, 0) is 18.8 Å². The topological polar surface area (TPSA) is 78.4 Å². The third-order valence-electron chi connectivity index (χ3n) is 2.91. The molecule has 1 amide bonds. The number of carboxylic acid groups (broad SMARTS) is 1. The van der Waals surface area contributed by atoms with Crippen molar-refractivity contribution in [2.45, 2.75) is 46.1 Å². The van der Waals surface area contributed by atoms with Gasteiger partial charge in [0, 0.05) is 6.54 Å². The Hall–Kier alpha value is -1.10. The Bertz CT molecular complexity index is 260. The van der Waals surface area contributed by atoms with Crippen molar-refractivity contribution in [3.63, 3.8) is 0 Å². The first-order chi connectivity index (χ1) is 7.88. The fourth-order valence-corrected chi connectivity index (χ4v) is 1.51. The highest BCUT2D eigenvalue weighted by Gasteiger charge is 2.34. The molecule has 0 heterocycles. The molecule has 0 aromatic carbocycles. The van der Waals surface area contributed by atoms with E-state index in [0.717, 1.165) is 0 Å². The van der Waals surface area contributed by atoms with Crippen LogP contribution in [-0.2, 0) is 9.59 Å². The minimum atomic E-state index is -0.991. The molecule has 0 rings (SSSR count). The van der Waals surface area contributed by atoms with E-state index in [2.05, 4.69) is 10.6 Å². The summed E-state index contributed by atoms with van der Waals surface area (Å²) in [6, 6.07) is 0. The number of carboxylic acids is 1. The molecule has 17 heavy (non-hydrogen) atoms. The van der Waals surface area contributed by atoms with Gasteiger partial charge < -0.3 is 10.4 Å². The molecule has 0 aromatic rings. The molecule has 5 heteroatoms. The molecular weight excluding hydrogens is 220 g/mol. The van der Waals surface area contributed by atoms with Crippen LogP contribution >= 0.6 is 0 Å². The van der Waals surface area contributed by atoms with Crippen molar-refractivity contribution in [3.05, 3.63) is 0 Å². The fraction of sp³-hybridized carbons (Fsp3) is 0.833. The Morgan fingerprint density at radius 3 is 2.12 bits per heavy atom. The van der Waals surface area contributed by atoms with Crippen molar-refractivity contribution in [2.24, 2.45) is 5.92 Å². The van der Waals surface area contributed by atoms with E-state index in [0.29, 0.717) is 25.3 Å². The maximum atomic E-state index is 11.5. The van der Waals surface area contributed by atoms with Crippen molar-refractivity contribution in [3.8, 4) is 0 Å². The van der Waals surface area contributed by atoms with Crippen molar-refractivity contribution >= 4 is 11.9 Å². The first-order valence-corrected chi connectivity index (χ1v) is 6.13. The zero-order valence-electron chi connectivity index (χ0n) is 11.2. The molecule has 0 bridgehead atoms. The van der Waals surface area contributed by atoms with Gasteiger partial charge in [0.2, 0.25) is 5.91 Å². The van der Waals surface area contributed by atoms with Crippen molar-refractivity contribution in [1.29, 1.82) is 0 Å². The van der Waals surface area contributed by atoms with E-state index in [4.69, 9.17) is 5.11 Å². The van der Waals surface area contributed by atoms with Crippen LogP contribution in [0.2, 0.25) is 0 Å². The number of rotatable bonds is 8. The summed E-state index contributed by atoms with van der Waals surface area (Å²) in [5.41, 5.74) is -0.991. The van der Waals surface area contributed by atoms with E-state index in [1.165, 1.54) is 0 Å². The van der Waals surface area contributed by atoms with Gasteiger partial charge in [-0.1, -0.05) is 27.7 Å². The van der Waals surface area contributed by atoms with E-state index in [9.17, 15) is 9.59 Å². The van der Waals surface area contributed by atoms with Gasteiger partial charge in [-0.25, -0.2) is 0 Å². The van der Waals surface area contributed by atoms with Crippen LogP contribution in [0.15, 0.2) is 0 Å². The van der Waals surface area contributed by atoms with E-state index >= 15 is 0 Å². The maximum absolute atomic E-state index is 11.5. The largest absolute Gasteiger partial charge is 0.480 e. The van der Waals surface area contributed by atoms with Gasteiger partial charge in [0.05, 0.1) is 6.54 Å². The summed E-state index contributed by atoms with van der Waals surface area (Å²) in [5, 5.41) is 14.8. The van der Waals surface area contributed by atoms with Gasteiger partial charge in [-0.3, -0.25) is 14.9 Å². The predicted octanol–water partition coefficient (Wildman–Crippen LogP) is 0.992. The van der Waals surface area contributed by atoms with Gasteiger partial charge in [0.1, 0.15) is 5.54 Å². The molecule has 3 N–H and O–H groups in total. The lowest BCUT2D eigenvalue weighted by molar-refractivity contribution is -0.145. The second-order valence-electron chi connectivity index (χ2n) is 4.65. The van der Waals surface area contributed by atoms with Gasteiger partial charge in [-0.15, -0.1) is 0 Å². The summed E-state index contributed by atoms with van der Waals surface area (Å²) in [4.78, 5) is 22.7. The molecule has 0 aliphatic rings. The summed E-state index contributed by atoms with van der Waals surface area (Å²) in [6.07, 6.45) is 0.909. The highest BCUT2D eigenvalue weighted by atomic mass is 16.4. The highest BCUT2D eigenvalue weighted by molar-refractivity contribution is 5.82. The quantitative estimate of drug-likeness (QED) is 0.595. The van der Waals surface area contributed by atoms with Crippen LogP contribution in [0.25, 0.3) is 0 Å². The summed E-state index contributed by atoms with van der Waals surface area (Å²) in [5.74, 6) is -0.675. The minimum Gasteiger partial charge on any atom is -0.480 e. The van der Waals surface area contributed by atoms with Crippen LogP contribution in [-0.4, -0.2) is 35.6 Å². The first-order valence-electron chi connectivity index (χ1n) is 6.13. The third-order valence-corrected chi connectivity index (χ3v) is 2.91. The Kier molecular flexibility index (Phi) is 6.80. The van der Waals surface area contributed by atoms with Gasteiger partial charge in [-0.2, -0.15) is 0 Å². The lowest BCUT2D eigenvalue weighted by atomic mass is 9.93. The van der Waals surface area contributed by atoms with Crippen LogP contribution < -0.4 is 10.6 Å². The lowest BCUT2D eigenvalue weighted by Gasteiger charge is -2.27. The lowest BCUT2D eigenvalue weighted by Crippen LogP contribution is -2.54. The molecule has 0 aromatic heterocycles. The normalized spacial score (nSPS) is 11.6. The fourth-order valence-electron chi connectivity index (χ4n) is 1.51. The van der Waals surface area contributed by atoms with Gasteiger partial charge in [0.15, 0.2) is 0 Å². The molecule has 0 fully saturated rings. The Balaban J connectivity index is 4.22. The van der Waals surface area contributed by atoms with E-state index in [-0.39, 0.29) is 12.5 Å². The smallest absolute Gasteiger partial charge is 0.323 e. The number of hydrogen-bond donors (Lipinski definition) is 3. The number of carbonyl (C=O) groups excluding carboxylic acids is 1. The molecule has 0 aliphatic heterocycles. The Morgan fingerprint density at radius 2 is 1.76 bits per heavy atom. The molecule has 0 spiro atoms. The summed E-state index contributed by atoms with van der Waals surface area (Å²) < 4.78 is 0. The molecule has 0 saturated heterocycles. The SMILES string of the molecule is CCC(CC)(NCC(=O)NCC(C)C)C(=O)O. The van der Waals surface area contributed by atoms with E-state index in [1.54, 1.807) is 13.8 Å². The predicted molar refractivity (Wildman–Crippen MR) is 66.8 cm³/mol. The zero-order valence-corrected chi connectivity index (χ0v) is 11.2. The third kappa shape index (κ3) is 5.17. The molecule has 0 radical (unpaired) electrons. The monoisotopic (exact) mass is 244 g/mol. The van der Waals surface area contributed by atoms with Crippen LogP contribution in [0.4, 0.5) is 0 Å². The number of hydrogen-bond acceptors (Lipinski definition) is 3. The summed E-state index contributed by atoms with van der Waals surface area (Å²) >= 11 is 0. The van der Waals surface area contributed by atoms with E-state index in [1.807, 2.05) is 13.8 Å². The number of aliphatic carboxylic acids is 1. The number of carbonyl (C=O) groups is 2. The molecule has 0 aliphatic carbocycles. The summed E-state index contributed by atoms with van der Waals surface area (Å²) in [6.45, 7) is 8.27. The van der Waals surface area contributed by atoms with Crippen molar-refractivity contribution in [1.82, 2.24) is 10.6 Å². The molecule has 0 unspecified atom stereocenters. The molecule has 5 nitrogen and oxygen atoms in total. The van der Waals surface area contributed by atoms with Gasteiger partial charge in [0.25, 0.3) is 0 Å². The highest BCUT2D eigenvalue weighted by Crippen LogP contribution is 2.14. The van der Waals surface area contributed by atoms with E-state index < -0.39 is 11.5 Å². The average Bonchev–Trinajstić information content (AvgIpc) is 2.28. The number of amides is 1. The van der Waals surface area contributed by atoms with Crippen molar-refractivity contribution in [2.75, 3.05) is 13.1 Å². The second-order valence-corrected chi connectivity index (χ2v) is 4.65. The van der Waals surface area contributed by atoms with Crippen LogP contribution in [0.3, 0.4) is 0 Å². The molecule has 0 saturated carbocycles. The average molecular weight is 244 g/mol. The Morgan fingerprint density at radius 1 is 1.24 bits per heavy atom. The van der Waals surface area contributed by atoms with Crippen LogP contribution in [0, 0.1) is 5.92 Å². The molecule has 0 atom stereocenters. The van der Waals surface area contributed by atoms with Crippen LogP contribution in [0.1, 0.15) is 40.5 Å².